The van der Waals surface area contributed by atoms with Gasteiger partial charge in [0.1, 0.15) is 17.6 Å². The summed E-state index contributed by atoms with van der Waals surface area (Å²) in [6, 6.07) is 9.22. The second kappa shape index (κ2) is 4.71. The normalized spacial score (nSPS) is 23.4. The summed E-state index contributed by atoms with van der Waals surface area (Å²) >= 11 is 0. The van der Waals surface area contributed by atoms with Gasteiger partial charge in [-0.3, -0.25) is 0 Å². The molecule has 4 rings (SSSR count). The van der Waals surface area contributed by atoms with Crippen molar-refractivity contribution in [3.63, 3.8) is 0 Å². The highest BCUT2D eigenvalue weighted by Crippen LogP contribution is 2.36. The lowest BCUT2D eigenvalue weighted by atomic mass is 9.90. The first-order chi connectivity index (χ1) is 9.92. The maximum absolute atomic E-state index is 6.17. The van der Waals surface area contributed by atoms with Crippen LogP contribution in [0.1, 0.15) is 18.4 Å². The maximum Gasteiger partial charge on any atom is 0.130 e. The van der Waals surface area contributed by atoms with Gasteiger partial charge in [-0.05, 0) is 43.5 Å². The van der Waals surface area contributed by atoms with Crippen LogP contribution in [0.5, 0.6) is 5.75 Å². The van der Waals surface area contributed by atoms with Crippen molar-refractivity contribution in [2.24, 2.45) is 0 Å². The Kier molecular flexibility index (Phi) is 2.73. The van der Waals surface area contributed by atoms with Crippen molar-refractivity contribution in [1.29, 1.82) is 0 Å². The van der Waals surface area contributed by atoms with Crippen molar-refractivity contribution < 1.29 is 9.47 Å². The number of rotatable bonds is 1. The third-order valence-corrected chi connectivity index (χ3v) is 3.97. The molecule has 2 nitrogen and oxygen atoms in total. The molecule has 2 heterocycles. The number of fused-ring (bicyclic) bond motifs is 2. The summed E-state index contributed by atoms with van der Waals surface area (Å²) in [5, 5.41) is 0. The predicted molar refractivity (Wildman–Crippen MR) is 77.1 cm³/mol. The lowest BCUT2D eigenvalue weighted by Gasteiger charge is -2.30. The molecule has 1 aromatic carbocycles. The van der Waals surface area contributed by atoms with Crippen LogP contribution in [0.4, 0.5) is 0 Å². The van der Waals surface area contributed by atoms with Gasteiger partial charge in [0.2, 0.25) is 0 Å². The molecule has 1 aliphatic carbocycles. The highest BCUT2D eigenvalue weighted by atomic mass is 16.5. The van der Waals surface area contributed by atoms with Crippen LogP contribution in [0.15, 0.2) is 65.7 Å². The minimum atomic E-state index is 0.114. The van der Waals surface area contributed by atoms with Crippen molar-refractivity contribution in [3.8, 4) is 5.75 Å². The summed E-state index contributed by atoms with van der Waals surface area (Å²) in [5.41, 5.74) is 3.69. The number of benzene rings is 1. The number of allylic oxidation sites excluding steroid dienone is 4. The second-order valence-corrected chi connectivity index (χ2v) is 5.18. The number of aryl methyl sites for hydroxylation is 1. The van der Waals surface area contributed by atoms with Crippen LogP contribution in [0.2, 0.25) is 0 Å². The lowest BCUT2D eigenvalue weighted by molar-refractivity contribution is 0.206. The third-order valence-electron chi connectivity index (χ3n) is 3.97. The van der Waals surface area contributed by atoms with Gasteiger partial charge in [-0.15, -0.1) is 0 Å². The highest BCUT2D eigenvalue weighted by Gasteiger charge is 2.27. The quantitative estimate of drug-likeness (QED) is 0.766. The minimum Gasteiger partial charge on any atom is -0.485 e. The molecular weight excluding hydrogens is 248 g/mol. The van der Waals surface area contributed by atoms with Crippen LogP contribution in [-0.4, -0.2) is 6.10 Å². The van der Waals surface area contributed by atoms with Gasteiger partial charge in [0.15, 0.2) is 0 Å². The van der Waals surface area contributed by atoms with Gasteiger partial charge in [-0.1, -0.05) is 24.3 Å². The molecule has 1 unspecified atom stereocenters. The van der Waals surface area contributed by atoms with Gasteiger partial charge in [0.05, 0.1) is 6.26 Å². The Hall–Kier alpha value is -2.22. The van der Waals surface area contributed by atoms with Gasteiger partial charge < -0.3 is 9.47 Å². The van der Waals surface area contributed by atoms with Crippen molar-refractivity contribution in [1.82, 2.24) is 0 Å². The lowest BCUT2D eigenvalue weighted by Crippen LogP contribution is -2.26. The first-order valence-corrected chi connectivity index (χ1v) is 7.01. The highest BCUT2D eigenvalue weighted by molar-refractivity contribution is 5.48. The van der Waals surface area contributed by atoms with E-state index >= 15 is 0 Å². The number of hydrogen-bond donors (Lipinski definition) is 0. The predicted octanol–water partition coefficient (Wildman–Crippen LogP) is 3.86. The molecule has 0 bridgehead atoms. The molecule has 1 atom stereocenters. The monoisotopic (exact) mass is 263 g/mol. The molecule has 0 aromatic heterocycles. The molecule has 0 saturated carbocycles. The fourth-order valence-electron chi connectivity index (χ4n) is 2.96. The van der Waals surface area contributed by atoms with Gasteiger partial charge in [-0.25, -0.2) is 0 Å². The molecule has 1 radical (unpaired) electrons. The topological polar surface area (TPSA) is 18.5 Å². The van der Waals surface area contributed by atoms with E-state index in [4.69, 9.17) is 9.47 Å². The summed E-state index contributed by atoms with van der Waals surface area (Å²) < 4.78 is 11.8. The van der Waals surface area contributed by atoms with Gasteiger partial charge >= 0.3 is 0 Å². The summed E-state index contributed by atoms with van der Waals surface area (Å²) in [6.45, 7) is 0. The van der Waals surface area contributed by atoms with Gasteiger partial charge in [-0.2, -0.15) is 0 Å². The van der Waals surface area contributed by atoms with Crippen molar-refractivity contribution in [2.45, 2.75) is 25.4 Å². The van der Waals surface area contributed by atoms with E-state index in [0.717, 1.165) is 30.8 Å². The molecule has 0 N–H and O–H groups in total. The molecule has 2 aliphatic heterocycles. The van der Waals surface area contributed by atoms with Crippen LogP contribution in [0.25, 0.3) is 0 Å². The van der Waals surface area contributed by atoms with E-state index in [9.17, 15) is 0 Å². The standard InChI is InChI=1S/C18H15O2/c1-3-7-16-13(5-1)9-10-18(20-16)15-11-12-19-17-8-4-2-6-14(15)17/h1-4,7-8,11-12,18H,6,9-10H2. The summed E-state index contributed by atoms with van der Waals surface area (Å²) in [4.78, 5) is 0. The van der Waals surface area contributed by atoms with Gasteiger partial charge in [0, 0.05) is 16.7 Å². The third kappa shape index (κ3) is 1.88. The van der Waals surface area contributed by atoms with E-state index in [-0.39, 0.29) is 6.10 Å². The van der Waals surface area contributed by atoms with E-state index in [2.05, 4.69) is 12.1 Å². The average Bonchev–Trinajstić information content (AvgIpc) is 2.54. The van der Waals surface area contributed by atoms with Crippen LogP contribution in [0, 0.1) is 6.07 Å². The molecule has 0 amide bonds. The Balaban J connectivity index is 1.69. The summed E-state index contributed by atoms with van der Waals surface area (Å²) in [6.07, 6.45) is 13.1. The Morgan fingerprint density at radius 2 is 2.30 bits per heavy atom. The first-order valence-electron chi connectivity index (χ1n) is 7.01. The van der Waals surface area contributed by atoms with Crippen LogP contribution in [-0.2, 0) is 11.2 Å². The van der Waals surface area contributed by atoms with Crippen LogP contribution in [0.3, 0.4) is 0 Å². The SMILES string of the molecule is [c]1cccc2c1CCC(C1=C3CC=CC=C3OC=C1)O2. The fourth-order valence-corrected chi connectivity index (χ4v) is 2.96. The van der Waals surface area contributed by atoms with E-state index in [1.807, 2.05) is 36.4 Å². The zero-order valence-corrected chi connectivity index (χ0v) is 11.1. The first kappa shape index (κ1) is 11.6. The smallest absolute Gasteiger partial charge is 0.130 e. The van der Waals surface area contributed by atoms with Crippen molar-refractivity contribution in [3.05, 3.63) is 77.3 Å². The molecule has 2 heteroatoms. The van der Waals surface area contributed by atoms with Crippen molar-refractivity contribution in [2.75, 3.05) is 0 Å². The fraction of sp³-hybridized carbons (Fsp3) is 0.222. The molecule has 0 saturated heterocycles. The Bertz CT molecular complexity index is 662. The average molecular weight is 263 g/mol. The molecule has 99 valence electrons. The molecule has 0 spiro atoms. The Morgan fingerprint density at radius 1 is 1.30 bits per heavy atom. The molecular formula is C18H15O2. The number of ether oxygens (including phenoxy) is 2. The zero-order chi connectivity index (χ0) is 13.4. The summed E-state index contributed by atoms with van der Waals surface area (Å²) in [5.74, 6) is 1.92. The van der Waals surface area contributed by atoms with Crippen LogP contribution >= 0.6 is 0 Å². The minimum absolute atomic E-state index is 0.114. The maximum atomic E-state index is 6.17. The number of hydrogen-bond acceptors (Lipinski definition) is 2. The zero-order valence-electron chi connectivity index (χ0n) is 11.1. The van der Waals surface area contributed by atoms with Crippen molar-refractivity contribution >= 4 is 0 Å². The molecule has 3 aliphatic rings. The molecule has 20 heavy (non-hydrogen) atoms. The largest absolute Gasteiger partial charge is 0.485 e. The second-order valence-electron chi connectivity index (χ2n) is 5.18. The molecule has 0 fully saturated rings. The Labute approximate surface area is 118 Å². The van der Waals surface area contributed by atoms with E-state index in [1.165, 1.54) is 16.7 Å². The van der Waals surface area contributed by atoms with E-state index in [1.54, 1.807) is 6.26 Å². The van der Waals surface area contributed by atoms with E-state index in [0.29, 0.717) is 0 Å². The Morgan fingerprint density at radius 3 is 3.30 bits per heavy atom. The van der Waals surface area contributed by atoms with Gasteiger partial charge in [0.25, 0.3) is 0 Å². The molecule has 1 aromatic rings. The van der Waals surface area contributed by atoms with Crippen LogP contribution < -0.4 is 4.74 Å². The summed E-state index contributed by atoms with van der Waals surface area (Å²) in [7, 11) is 0. The van der Waals surface area contributed by atoms with E-state index < -0.39 is 0 Å².